The molecule has 0 fully saturated rings. The Morgan fingerprint density at radius 3 is 2.87 bits per heavy atom. The Balaban J connectivity index is 1.82. The lowest BCUT2D eigenvalue weighted by atomic mass is 10.3. The highest BCUT2D eigenvalue weighted by molar-refractivity contribution is 7.98. The van der Waals surface area contributed by atoms with Gasteiger partial charge in [-0.25, -0.2) is 0 Å². The molecule has 124 valence electrons. The van der Waals surface area contributed by atoms with Gasteiger partial charge in [0, 0.05) is 19.4 Å². The molecule has 0 saturated heterocycles. The number of carbonyl (C=O) groups is 2. The number of carbonyl (C=O) groups excluding carboxylic acids is 2. The summed E-state index contributed by atoms with van der Waals surface area (Å²) in [5.41, 5.74) is 0. The van der Waals surface area contributed by atoms with Gasteiger partial charge in [0.1, 0.15) is 0 Å². The lowest BCUT2D eigenvalue weighted by Gasteiger charge is -2.02. The molecule has 1 amide bonds. The fourth-order valence-electron chi connectivity index (χ4n) is 1.85. The minimum Gasteiger partial charge on any atom is -0.420 e. The molecule has 23 heavy (non-hydrogen) atoms. The third-order valence-corrected chi connectivity index (χ3v) is 4.91. The van der Waals surface area contributed by atoms with Crippen LogP contribution in [0.5, 0.6) is 0 Å². The number of aromatic nitrogens is 2. The largest absolute Gasteiger partial charge is 0.420 e. The van der Waals surface area contributed by atoms with E-state index < -0.39 is 0 Å². The first-order chi connectivity index (χ1) is 11.1. The van der Waals surface area contributed by atoms with Gasteiger partial charge in [-0.3, -0.25) is 9.59 Å². The Hall–Kier alpha value is -1.67. The van der Waals surface area contributed by atoms with E-state index in [9.17, 15) is 9.59 Å². The summed E-state index contributed by atoms with van der Waals surface area (Å²) in [6, 6.07) is 3.53. The molecular weight excluding hydrogens is 334 g/mol. The molecule has 0 unspecified atom stereocenters. The van der Waals surface area contributed by atoms with Crippen LogP contribution in [0, 0.1) is 0 Å². The van der Waals surface area contributed by atoms with Gasteiger partial charge in [0.05, 0.1) is 9.75 Å². The molecule has 0 spiro atoms. The quantitative estimate of drug-likeness (QED) is 0.551. The van der Waals surface area contributed by atoms with Gasteiger partial charge in [0.15, 0.2) is 5.78 Å². The second-order valence-corrected chi connectivity index (χ2v) is 6.99. The fraction of sp³-hybridized carbons (Fsp3) is 0.467. The van der Waals surface area contributed by atoms with E-state index in [-0.39, 0.29) is 11.7 Å². The third-order valence-electron chi connectivity index (χ3n) is 3.04. The van der Waals surface area contributed by atoms with Crippen LogP contribution in [0.15, 0.2) is 16.5 Å². The van der Waals surface area contributed by atoms with Crippen LogP contribution in [0.3, 0.4) is 0 Å². The monoisotopic (exact) mass is 353 g/mol. The van der Waals surface area contributed by atoms with Crippen LogP contribution < -0.4 is 5.32 Å². The van der Waals surface area contributed by atoms with E-state index in [1.807, 2.05) is 6.26 Å². The highest BCUT2D eigenvalue weighted by Gasteiger charge is 2.13. The number of nitrogens with zero attached hydrogens (tertiary/aromatic N) is 2. The topological polar surface area (TPSA) is 85.1 Å². The number of nitrogens with one attached hydrogen (secondary N) is 1. The Labute approximate surface area is 143 Å². The number of aryl methyl sites for hydroxylation is 1. The maximum absolute atomic E-state index is 11.7. The summed E-state index contributed by atoms with van der Waals surface area (Å²) >= 11 is 3.08. The SMILES string of the molecule is CSCCCNC(=O)CCc1nnc(-c2ccc(C(C)=O)s2)o1. The van der Waals surface area contributed by atoms with Crippen molar-refractivity contribution in [1.82, 2.24) is 15.5 Å². The number of hydrogen-bond donors (Lipinski definition) is 1. The first kappa shape index (κ1) is 17.7. The van der Waals surface area contributed by atoms with Crippen molar-refractivity contribution < 1.29 is 14.0 Å². The Morgan fingerprint density at radius 1 is 1.35 bits per heavy atom. The molecule has 0 atom stereocenters. The van der Waals surface area contributed by atoms with E-state index in [0.29, 0.717) is 36.0 Å². The summed E-state index contributed by atoms with van der Waals surface area (Å²) in [6.45, 7) is 2.21. The summed E-state index contributed by atoms with van der Waals surface area (Å²) in [6.07, 6.45) is 3.74. The normalized spacial score (nSPS) is 10.7. The predicted molar refractivity (Wildman–Crippen MR) is 91.9 cm³/mol. The molecule has 2 rings (SSSR count). The zero-order valence-electron chi connectivity index (χ0n) is 13.1. The molecule has 0 aliphatic carbocycles. The number of hydrogen-bond acceptors (Lipinski definition) is 7. The summed E-state index contributed by atoms with van der Waals surface area (Å²) in [5, 5.41) is 10.8. The maximum atomic E-state index is 11.7. The molecule has 8 heteroatoms. The van der Waals surface area contributed by atoms with Crippen molar-refractivity contribution in [2.45, 2.75) is 26.2 Å². The van der Waals surface area contributed by atoms with Gasteiger partial charge in [0.25, 0.3) is 5.89 Å². The van der Waals surface area contributed by atoms with Crippen molar-refractivity contribution >= 4 is 34.8 Å². The van der Waals surface area contributed by atoms with Gasteiger partial charge < -0.3 is 9.73 Å². The molecule has 2 aromatic rings. The highest BCUT2D eigenvalue weighted by atomic mass is 32.2. The van der Waals surface area contributed by atoms with Crippen LogP contribution in [-0.2, 0) is 11.2 Å². The van der Waals surface area contributed by atoms with Crippen LogP contribution in [0.4, 0.5) is 0 Å². The number of Topliss-reactive ketones (excluding diaryl/α,β-unsaturated/α-hetero) is 1. The predicted octanol–water partition coefficient (Wildman–Crippen LogP) is 2.80. The van der Waals surface area contributed by atoms with Crippen molar-refractivity contribution in [3.63, 3.8) is 0 Å². The maximum Gasteiger partial charge on any atom is 0.257 e. The van der Waals surface area contributed by atoms with E-state index in [1.54, 1.807) is 23.9 Å². The Kier molecular flexibility index (Phi) is 6.79. The molecule has 0 aromatic carbocycles. The van der Waals surface area contributed by atoms with E-state index >= 15 is 0 Å². The van der Waals surface area contributed by atoms with Crippen LogP contribution in [0.25, 0.3) is 10.8 Å². The number of thioether (sulfide) groups is 1. The number of thiophene rings is 1. The van der Waals surface area contributed by atoms with Crippen LogP contribution in [0.1, 0.15) is 35.3 Å². The second-order valence-electron chi connectivity index (χ2n) is 4.92. The van der Waals surface area contributed by atoms with E-state index in [4.69, 9.17) is 4.42 Å². The fourth-order valence-corrected chi connectivity index (χ4v) is 3.11. The molecule has 0 radical (unpaired) electrons. The summed E-state index contributed by atoms with van der Waals surface area (Å²) < 4.78 is 5.55. The van der Waals surface area contributed by atoms with Crippen LogP contribution in [-0.4, -0.2) is 40.4 Å². The minimum absolute atomic E-state index is 0.0131. The standard InChI is InChI=1S/C15H19N3O3S2/c1-10(19)11-4-5-12(23-11)15-18-17-14(21-15)7-6-13(20)16-8-3-9-22-2/h4-5H,3,6-9H2,1-2H3,(H,16,20). The molecule has 1 N–H and O–H groups in total. The number of ketones is 1. The van der Waals surface area contributed by atoms with Crippen molar-refractivity contribution in [2.75, 3.05) is 18.6 Å². The molecule has 2 heterocycles. The zero-order valence-corrected chi connectivity index (χ0v) is 14.8. The number of rotatable bonds is 9. The molecule has 6 nitrogen and oxygen atoms in total. The second kappa shape index (κ2) is 8.83. The molecule has 2 aromatic heterocycles. The van der Waals surface area contributed by atoms with E-state index in [1.165, 1.54) is 18.3 Å². The number of amides is 1. The smallest absolute Gasteiger partial charge is 0.257 e. The summed E-state index contributed by atoms with van der Waals surface area (Å²) in [5.74, 6) is 1.85. The third kappa shape index (κ3) is 5.47. The minimum atomic E-state index is -0.0131. The van der Waals surface area contributed by atoms with Crippen molar-refractivity contribution in [3.05, 3.63) is 22.9 Å². The highest BCUT2D eigenvalue weighted by Crippen LogP contribution is 2.27. The molecule has 0 bridgehead atoms. The first-order valence-electron chi connectivity index (χ1n) is 7.29. The van der Waals surface area contributed by atoms with Gasteiger partial charge in [0.2, 0.25) is 11.8 Å². The van der Waals surface area contributed by atoms with Crippen LogP contribution >= 0.6 is 23.1 Å². The van der Waals surface area contributed by atoms with E-state index in [0.717, 1.165) is 17.1 Å². The summed E-state index contributed by atoms with van der Waals surface area (Å²) in [7, 11) is 0. The van der Waals surface area contributed by atoms with Crippen LogP contribution in [0.2, 0.25) is 0 Å². The van der Waals surface area contributed by atoms with Gasteiger partial charge in [-0.05, 0) is 37.5 Å². The first-order valence-corrected chi connectivity index (χ1v) is 9.50. The molecular formula is C15H19N3O3S2. The molecule has 0 aliphatic rings. The molecule has 0 saturated carbocycles. The van der Waals surface area contributed by atoms with Crippen molar-refractivity contribution in [2.24, 2.45) is 0 Å². The average Bonchev–Trinajstić information content (AvgIpc) is 3.18. The van der Waals surface area contributed by atoms with Gasteiger partial charge in [-0.1, -0.05) is 0 Å². The zero-order chi connectivity index (χ0) is 16.7. The van der Waals surface area contributed by atoms with Crippen molar-refractivity contribution in [1.29, 1.82) is 0 Å². The van der Waals surface area contributed by atoms with Gasteiger partial charge >= 0.3 is 0 Å². The lowest BCUT2D eigenvalue weighted by molar-refractivity contribution is -0.121. The molecule has 0 aliphatic heterocycles. The average molecular weight is 353 g/mol. The Morgan fingerprint density at radius 2 is 2.17 bits per heavy atom. The van der Waals surface area contributed by atoms with E-state index in [2.05, 4.69) is 15.5 Å². The van der Waals surface area contributed by atoms with Crippen molar-refractivity contribution in [3.8, 4) is 10.8 Å². The Bertz CT molecular complexity index is 666. The lowest BCUT2D eigenvalue weighted by Crippen LogP contribution is -2.25. The summed E-state index contributed by atoms with van der Waals surface area (Å²) in [4.78, 5) is 24.4. The van der Waals surface area contributed by atoms with Gasteiger partial charge in [-0.15, -0.1) is 21.5 Å². The van der Waals surface area contributed by atoms with Gasteiger partial charge in [-0.2, -0.15) is 11.8 Å².